The molecule has 1 aromatic heterocycles. The summed E-state index contributed by atoms with van der Waals surface area (Å²) in [6.07, 6.45) is -1.71. The number of piperidine rings is 1. The fourth-order valence-corrected chi connectivity index (χ4v) is 2.23. The minimum absolute atomic E-state index is 0.235. The van der Waals surface area contributed by atoms with Crippen LogP contribution in [0.4, 0.5) is 23.2 Å². The highest BCUT2D eigenvalue weighted by Gasteiger charge is 2.38. The molecule has 0 aliphatic carbocycles. The van der Waals surface area contributed by atoms with Gasteiger partial charge in [-0.25, -0.2) is 9.78 Å². The van der Waals surface area contributed by atoms with Crippen molar-refractivity contribution in [2.45, 2.75) is 25.4 Å². The Hall–Kier alpha value is -2.39. The van der Waals surface area contributed by atoms with Crippen molar-refractivity contribution in [2.24, 2.45) is 5.92 Å². The van der Waals surface area contributed by atoms with E-state index in [0.29, 0.717) is 0 Å². The first kappa shape index (κ1) is 19.7. The molecule has 2 heterocycles. The van der Waals surface area contributed by atoms with Gasteiger partial charge < -0.3 is 15.1 Å². The van der Waals surface area contributed by atoms with E-state index < -0.39 is 24.1 Å². The molecule has 6 nitrogen and oxygen atoms in total. The zero-order valence-electron chi connectivity index (χ0n) is 12.5. The number of carboxylic acids is 2. The van der Waals surface area contributed by atoms with Crippen molar-refractivity contribution in [3.8, 4) is 0 Å². The van der Waals surface area contributed by atoms with Gasteiger partial charge in [-0.05, 0) is 24.8 Å². The summed E-state index contributed by atoms with van der Waals surface area (Å²) in [5.74, 6) is -3.73. The Morgan fingerprint density at radius 1 is 1.25 bits per heavy atom. The van der Waals surface area contributed by atoms with E-state index >= 15 is 0 Å². The number of aliphatic carboxylic acids is 2. The van der Waals surface area contributed by atoms with Gasteiger partial charge in [-0.1, -0.05) is 0 Å². The van der Waals surface area contributed by atoms with Crippen molar-refractivity contribution in [3.63, 3.8) is 0 Å². The second-order valence-electron chi connectivity index (χ2n) is 5.17. The van der Waals surface area contributed by atoms with Crippen LogP contribution in [0.2, 0.25) is 0 Å². The lowest BCUT2D eigenvalue weighted by Crippen LogP contribution is -2.34. The lowest BCUT2D eigenvalue weighted by Gasteiger charge is -2.32. The van der Waals surface area contributed by atoms with Gasteiger partial charge in [0.05, 0.1) is 0 Å². The lowest BCUT2D eigenvalue weighted by atomic mass is 9.93. The molecule has 0 unspecified atom stereocenters. The number of hydrogen-bond donors (Lipinski definition) is 2. The fraction of sp³-hybridized carbons (Fsp3) is 0.500. The molecule has 2 N–H and O–H groups in total. The summed E-state index contributed by atoms with van der Waals surface area (Å²) in [5.41, 5.74) is 0.825. The average Bonchev–Trinajstić information content (AvgIpc) is 2.47. The molecule has 0 bridgehead atoms. The van der Waals surface area contributed by atoms with Crippen LogP contribution in [0, 0.1) is 11.9 Å². The molecule has 0 saturated carbocycles. The molecular formula is C14H16F4N2O4. The van der Waals surface area contributed by atoms with E-state index in [1.54, 1.807) is 6.07 Å². The second kappa shape index (κ2) is 8.46. The van der Waals surface area contributed by atoms with Gasteiger partial charge in [-0.3, -0.25) is 4.79 Å². The summed E-state index contributed by atoms with van der Waals surface area (Å²) >= 11 is 0. The molecule has 1 fully saturated rings. The monoisotopic (exact) mass is 352 g/mol. The Balaban J connectivity index is 0.000000351. The standard InChI is InChI=1S/C12H15FN2O2.C2HF3O2/c13-11-8-10(1-4-14-11)15-5-2-9(3-6-15)7-12(16)17;3-2(4,5)1(6)7/h1,4,8-9H,2-3,5-7H2,(H,16,17);(H,6,7). The van der Waals surface area contributed by atoms with Gasteiger partial charge in [0.15, 0.2) is 0 Å². The van der Waals surface area contributed by atoms with Crippen LogP contribution in [-0.2, 0) is 9.59 Å². The number of nitrogens with zero attached hydrogens (tertiary/aromatic N) is 2. The normalized spacial score (nSPS) is 15.4. The SMILES string of the molecule is O=C(O)C(F)(F)F.O=C(O)CC1CCN(c2ccnc(F)c2)CC1. The first-order valence-corrected chi connectivity index (χ1v) is 6.98. The third-order valence-corrected chi connectivity index (χ3v) is 3.40. The molecule has 10 heteroatoms. The highest BCUT2D eigenvalue weighted by molar-refractivity contribution is 5.73. The van der Waals surface area contributed by atoms with Crippen molar-refractivity contribution in [1.82, 2.24) is 4.98 Å². The van der Waals surface area contributed by atoms with Crippen LogP contribution in [0.1, 0.15) is 19.3 Å². The largest absolute Gasteiger partial charge is 0.490 e. The predicted molar refractivity (Wildman–Crippen MR) is 75.1 cm³/mol. The third-order valence-electron chi connectivity index (χ3n) is 3.40. The number of pyridine rings is 1. The van der Waals surface area contributed by atoms with E-state index in [0.717, 1.165) is 31.6 Å². The Morgan fingerprint density at radius 3 is 2.21 bits per heavy atom. The number of aromatic nitrogens is 1. The minimum atomic E-state index is -5.08. The molecule has 0 aromatic carbocycles. The number of hydrogen-bond acceptors (Lipinski definition) is 4. The molecule has 0 radical (unpaired) electrons. The molecule has 24 heavy (non-hydrogen) atoms. The van der Waals surface area contributed by atoms with Crippen LogP contribution >= 0.6 is 0 Å². The maximum atomic E-state index is 13.0. The van der Waals surface area contributed by atoms with Crippen molar-refractivity contribution in [1.29, 1.82) is 0 Å². The van der Waals surface area contributed by atoms with Gasteiger partial charge in [-0.15, -0.1) is 0 Å². The van der Waals surface area contributed by atoms with E-state index in [2.05, 4.69) is 9.88 Å². The van der Waals surface area contributed by atoms with Crippen LogP contribution in [0.25, 0.3) is 0 Å². The molecule has 1 aliphatic rings. The summed E-state index contributed by atoms with van der Waals surface area (Å²) in [6, 6.07) is 3.19. The smallest absolute Gasteiger partial charge is 0.481 e. The highest BCUT2D eigenvalue weighted by atomic mass is 19.4. The Kier molecular flexibility index (Phi) is 6.93. The topological polar surface area (TPSA) is 90.7 Å². The summed E-state index contributed by atoms with van der Waals surface area (Å²) < 4.78 is 44.7. The zero-order chi connectivity index (χ0) is 18.3. The van der Waals surface area contributed by atoms with Crippen LogP contribution < -0.4 is 4.90 Å². The summed E-state index contributed by atoms with van der Waals surface area (Å²) in [4.78, 5) is 25.1. The molecule has 2 rings (SSSR count). The summed E-state index contributed by atoms with van der Waals surface area (Å²) in [5, 5.41) is 15.8. The number of carbonyl (C=O) groups is 2. The second-order valence-corrected chi connectivity index (χ2v) is 5.17. The molecule has 0 atom stereocenters. The van der Waals surface area contributed by atoms with E-state index in [1.165, 1.54) is 12.3 Å². The van der Waals surface area contributed by atoms with E-state index in [1.807, 2.05) is 0 Å². The molecule has 134 valence electrons. The van der Waals surface area contributed by atoms with Gasteiger partial charge in [0.25, 0.3) is 0 Å². The fourth-order valence-electron chi connectivity index (χ4n) is 2.23. The van der Waals surface area contributed by atoms with Gasteiger partial charge in [0.1, 0.15) is 0 Å². The van der Waals surface area contributed by atoms with Crippen LogP contribution in [0.15, 0.2) is 18.3 Å². The van der Waals surface area contributed by atoms with Crippen LogP contribution in [-0.4, -0.2) is 46.4 Å². The van der Waals surface area contributed by atoms with Crippen molar-refractivity contribution in [3.05, 3.63) is 24.3 Å². The Morgan fingerprint density at radius 2 is 1.79 bits per heavy atom. The Bertz CT molecular complexity index is 572. The number of alkyl halides is 3. The molecule has 0 amide bonds. The van der Waals surface area contributed by atoms with Crippen molar-refractivity contribution >= 4 is 17.6 Å². The molecule has 1 aliphatic heterocycles. The maximum Gasteiger partial charge on any atom is 0.490 e. The van der Waals surface area contributed by atoms with E-state index in [4.69, 9.17) is 15.0 Å². The highest BCUT2D eigenvalue weighted by Crippen LogP contribution is 2.25. The van der Waals surface area contributed by atoms with Gasteiger partial charge in [0.2, 0.25) is 5.95 Å². The quantitative estimate of drug-likeness (QED) is 0.642. The Labute approximate surface area is 134 Å². The molecular weight excluding hydrogens is 336 g/mol. The van der Waals surface area contributed by atoms with Gasteiger partial charge in [0, 0.05) is 37.5 Å². The van der Waals surface area contributed by atoms with Gasteiger partial charge in [-0.2, -0.15) is 17.6 Å². The van der Waals surface area contributed by atoms with Crippen LogP contribution in [0.5, 0.6) is 0 Å². The molecule has 1 aromatic rings. The first-order valence-electron chi connectivity index (χ1n) is 6.98. The van der Waals surface area contributed by atoms with Gasteiger partial charge >= 0.3 is 18.1 Å². The van der Waals surface area contributed by atoms with Crippen molar-refractivity contribution < 1.29 is 37.4 Å². The number of rotatable bonds is 3. The summed E-state index contributed by atoms with van der Waals surface area (Å²) in [6.45, 7) is 1.56. The number of anilines is 1. The minimum Gasteiger partial charge on any atom is -0.481 e. The van der Waals surface area contributed by atoms with E-state index in [9.17, 15) is 22.4 Å². The summed E-state index contributed by atoms with van der Waals surface area (Å²) in [7, 11) is 0. The predicted octanol–water partition coefficient (Wildman–Crippen LogP) is 2.55. The van der Waals surface area contributed by atoms with E-state index in [-0.39, 0.29) is 12.3 Å². The maximum absolute atomic E-state index is 13.0. The zero-order valence-corrected chi connectivity index (χ0v) is 12.5. The lowest BCUT2D eigenvalue weighted by molar-refractivity contribution is -0.192. The van der Waals surface area contributed by atoms with Crippen LogP contribution in [0.3, 0.4) is 0 Å². The average molecular weight is 352 g/mol. The van der Waals surface area contributed by atoms with Crippen molar-refractivity contribution in [2.75, 3.05) is 18.0 Å². The number of carboxylic acid groups (broad SMARTS) is 2. The first-order chi connectivity index (χ1) is 11.1. The third kappa shape index (κ3) is 6.80. The molecule has 0 spiro atoms. The number of halogens is 4. The molecule has 1 saturated heterocycles.